The molecule has 0 saturated carbocycles. The molecule has 1 aliphatic heterocycles. The van der Waals surface area contributed by atoms with Crippen LogP contribution in [-0.4, -0.2) is 43.8 Å². The van der Waals surface area contributed by atoms with Crippen LogP contribution < -0.4 is 11.3 Å². The first-order chi connectivity index (χ1) is 12.0. The van der Waals surface area contributed by atoms with E-state index in [1.165, 1.54) is 4.90 Å². The molecule has 3 aromatic rings. The van der Waals surface area contributed by atoms with Crippen LogP contribution in [0, 0.1) is 0 Å². The Balaban J connectivity index is 1.63. The summed E-state index contributed by atoms with van der Waals surface area (Å²) in [6.45, 7) is 0.679. The summed E-state index contributed by atoms with van der Waals surface area (Å²) in [7, 11) is 0. The summed E-state index contributed by atoms with van der Waals surface area (Å²) in [6, 6.07) is 7.78. The van der Waals surface area contributed by atoms with E-state index in [-0.39, 0.29) is 18.3 Å². The molecule has 0 spiro atoms. The van der Waals surface area contributed by atoms with Crippen LogP contribution in [0.1, 0.15) is 23.0 Å². The van der Waals surface area contributed by atoms with Crippen molar-refractivity contribution in [1.29, 1.82) is 0 Å². The summed E-state index contributed by atoms with van der Waals surface area (Å²) in [4.78, 5) is 37.3. The Morgan fingerprint density at radius 2 is 2.12 bits per heavy atom. The quantitative estimate of drug-likeness (QED) is 0.698. The molecule has 2 aromatic heterocycles. The van der Waals surface area contributed by atoms with Gasteiger partial charge in [0.1, 0.15) is 0 Å². The summed E-state index contributed by atoms with van der Waals surface area (Å²) in [5.74, 6) is -1.44. The van der Waals surface area contributed by atoms with Crippen LogP contribution in [0.25, 0.3) is 11.1 Å². The van der Waals surface area contributed by atoms with Gasteiger partial charge >= 0.3 is 5.76 Å². The molecule has 0 aliphatic carbocycles. The summed E-state index contributed by atoms with van der Waals surface area (Å²) >= 11 is 0. The Kier molecular flexibility index (Phi) is 3.41. The van der Waals surface area contributed by atoms with Crippen molar-refractivity contribution in [3.05, 3.63) is 56.9 Å². The molecule has 1 amide bonds. The van der Waals surface area contributed by atoms with Gasteiger partial charge < -0.3 is 14.4 Å². The highest BCUT2D eigenvalue weighted by Crippen LogP contribution is 2.26. The first kappa shape index (κ1) is 15.2. The fourth-order valence-electron chi connectivity index (χ4n) is 3.17. The summed E-state index contributed by atoms with van der Waals surface area (Å²) in [5.41, 5.74) is 0.364. The standard InChI is InChI=1S/C16H14N4O5/c21-11-7-13(22)17-18-14(11)15(23)19-6-5-9(8-19)20-10-3-1-2-4-12(10)25-16(20)24/h1-4,7,9H,5-6,8H2,(H2,17,21,22). The third-order valence-corrected chi connectivity index (χ3v) is 4.33. The van der Waals surface area contributed by atoms with Crippen LogP contribution in [0.3, 0.4) is 0 Å². The number of nitrogens with zero attached hydrogens (tertiary/aromatic N) is 3. The van der Waals surface area contributed by atoms with Gasteiger partial charge in [0, 0.05) is 19.2 Å². The second-order valence-corrected chi connectivity index (χ2v) is 5.87. The zero-order valence-corrected chi connectivity index (χ0v) is 13.0. The number of amides is 1. The number of fused-ring (bicyclic) bond motifs is 1. The largest absolute Gasteiger partial charge is 0.505 e. The molecule has 2 N–H and O–H groups in total. The van der Waals surface area contributed by atoms with Gasteiger partial charge in [0.25, 0.3) is 11.5 Å². The van der Waals surface area contributed by atoms with Crippen LogP contribution in [0.2, 0.25) is 0 Å². The molecule has 9 nitrogen and oxygen atoms in total. The van der Waals surface area contributed by atoms with Crippen molar-refractivity contribution in [1.82, 2.24) is 19.7 Å². The van der Waals surface area contributed by atoms with E-state index < -0.39 is 23.0 Å². The van der Waals surface area contributed by atoms with Gasteiger partial charge in [0.05, 0.1) is 11.6 Å². The Morgan fingerprint density at radius 1 is 1.32 bits per heavy atom. The molecule has 1 aliphatic rings. The maximum absolute atomic E-state index is 12.5. The Labute approximate surface area is 140 Å². The minimum absolute atomic E-state index is 0.218. The van der Waals surface area contributed by atoms with Gasteiger partial charge in [-0.2, -0.15) is 5.10 Å². The number of carbonyl (C=O) groups excluding carboxylic acids is 1. The zero-order valence-electron chi connectivity index (χ0n) is 13.0. The number of hydrogen-bond acceptors (Lipinski definition) is 6. The predicted molar refractivity (Wildman–Crippen MR) is 86.6 cm³/mol. The van der Waals surface area contributed by atoms with Gasteiger partial charge in [-0.25, -0.2) is 9.89 Å². The molecule has 0 radical (unpaired) electrons. The lowest BCUT2D eigenvalue weighted by molar-refractivity contribution is 0.0777. The number of likely N-dealkylation sites (tertiary alicyclic amines) is 1. The average molecular weight is 342 g/mol. The number of hydrogen-bond donors (Lipinski definition) is 2. The average Bonchev–Trinajstić information content (AvgIpc) is 3.17. The lowest BCUT2D eigenvalue weighted by atomic mass is 10.2. The summed E-state index contributed by atoms with van der Waals surface area (Å²) in [6.07, 6.45) is 0.569. The van der Waals surface area contributed by atoms with E-state index in [1.807, 2.05) is 6.07 Å². The number of aromatic amines is 1. The van der Waals surface area contributed by atoms with Crippen LogP contribution in [0.5, 0.6) is 5.75 Å². The highest BCUT2D eigenvalue weighted by Gasteiger charge is 2.32. The molecule has 1 fully saturated rings. The van der Waals surface area contributed by atoms with Crippen molar-refractivity contribution < 1.29 is 14.3 Å². The van der Waals surface area contributed by atoms with Crippen molar-refractivity contribution in [3.8, 4) is 5.75 Å². The topological polar surface area (TPSA) is 121 Å². The van der Waals surface area contributed by atoms with E-state index in [1.54, 1.807) is 22.8 Å². The second-order valence-electron chi connectivity index (χ2n) is 5.87. The molecular formula is C16H14N4O5. The first-order valence-corrected chi connectivity index (χ1v) is 7.72. The number of benzene rings is 1. The van der Waals surface area contributed by atoms with Crippen molar-refractivity contribution in [2.75, 3.05) is 13.1 Å². The number of nitrogens with one attached hydrogen (secondary N) is 1. The van der Waals surface area contributed by atoms with Gasteiger partial charge in [-0.15, -0.1) is 0 Å². The maximum Gasteiger partial charge on any atom is 0.420 e. The number of aromatic hydroxyl groups is 1. The lowest BCUT2D eigenvalue weighted by Gasteiger charge is -2.16. The monoisotopic (exact) mass is 342 g/mol. The Morgan fingerprint density at radius 3 is 2.92 bits per heavy atom. The fraction of sp³-hybridized carbons (Fsp3) is 0.250. The van der Waals surface area contributed by atoms with Gasteiger partial charge in [0.15, 0.2) is 17.0 Å². The van der Waals surface area contributed by atoms with Crippen molar-refractivity contribution in [2.24, 2.45) is 0 Å². The SMILES string of the molecule is O=C(c1n[nH]c(=O)cc1O)N1CCC(n2c(=O)oc3ccccc32)C1. The van der Waals surface area contributed by atoms with Crippen LogP contribution in [0.15, 0.2) is 44.3 Å². The molecule has 1 aromatic carbocycles. The number of H-pyrrole nitrogens is 1. The van der Waals surface area contributed by atoms with Gasteiger partial charge in [-0.1, -0.05) is 12.1 Å². The van der Waals surface area contributed by atoms with Gasteiger partial charge in [0.2, 0.25) is 0 Å². The van der Waals surface area contributed by atoms with E-state index in [2.05, 4.69) is 10.2 Å². The van der Waals surface area contributed by atoms with E-state index in [4.69, 9.17) is 4.42 Å². The predicted octanol–water partition coefficient (Wildman–Crippen LogP) is 0.471. The minimum atomic E-state index is -0.593. The number of rotatable bonds is 2. The Hall–Kier alpha value is -3.36. The molecule has 3 heterocycles. The van der Waals surface area contributed by atoms with Crippen LogP contribution in [-0.2, 0) is 0 Å². The molecule has 1 atom stereocenters. The highest BCUT2D eigenvalue weighted by molar-refractivity contribution is 5.94. The number of carbonyl (C=O) groups is 1. The van der Waals surface area contributed by atoms with E-state index in [9.17, 15) is 19.5 Å². The maximum atomic E-state index is 12.5. The Bertz CT molecular complexity index is 1080. The molecule has 9 heteroatoms. The van der Waals surface area contributed by atoms with Crippen molar-refractivity contribution >= 4 is 17.0 Å². The smallest absolute Gasteiger partial charge is 0.420 e. The van der Waals surface area contributed by atoms with E-state index in [0.717, 1.165) is 6.07 Å². The molecule has 128 valence electrons. The number of oxazole rings is 1. The van der Waals surface area contributed by atoms with Crippen molar-refractivity contribution in [3.63, 3.8) is 0 Å². The molecule has 4 rings (SSSR count). The molecular weight excluding hydrogens is 328 g/mol. The number of para-hydroxylation sites is 2. The minimum Gasteiger partial charge on any atom is -0.505 e. The normalized spacial score (nSPS) is 17.3. The fourth-order valence-corrected chi connectivity index (χ4v) is 3.17. The zero-order chi connectivity index (χ0) is 17.6. The van der Waals surface area contributed by atoms with Gasteiger partial charge in [-0.3, -0.25) is 14.2 Å². The highest BCUT2D eigenvalue weighted by atomic mass is 16.4. The van der Waals surface area contributed by atoms with E-state index in [0.29, 0.717) is 24.1 Å². The summed E-state index contributed by atoms with van der Waals surface area (Å²) in [5, 5.41) is 15.5. The third kappa shape index (κ3) is 2.49. The molecule has 1 unspecified atom stereocenters. The molecule has 0 bridgehead atoms. The van der Waals surface area contributed by atoms with Crippen molar-refractivity contribution in [2.45, 2.75) is 12.5 Å². The van der Waals surface area contributed by atoms with Crippen LogP contribution in [0.4, 0.5) is 0 Å². The lowest BCUT2D eigenvalue weighted by Crippen LogP contribution is -2.31. The second kappa shape index (κ2) is 5.62. The van der Waals surface area contributed by atoms with Crippen LogP contribution >= 0.6 is 0 Å². The van der Waals surface area contributed by atoms with E-state index >= 15 is 0 Å². The molecule has 25 heavy (non-hydrogen) atoms. The first-order valence-electron chi connectivity index (χ1n) is 7.72. The number of aromatic nitrogens is 3. The summed E-state index contributed by atoms with van der Waals surface area (Å²) < 4.78 is 6.78. The molecule has 1 saturated heterocycles. The van der Waals surface area contributed by atoms with Gasteiger partial charge in [-0.05, 0) is 18.6 Å². The third-order valence-electron chi connectivity index (χ3n) is 4.33.